The molecule has 2 N–H and O–H groups in total. The summed E-state index contributed by atoms with van der Waals surface area (Å²) in [6.45, 7) is 1.77. The number of ketones is 1. The summed E-state index contributed by atoms with van der Waals surface area (Å²) in [5.74, 6) is -1.61. The zero-order valence-electron chi connectivity index (χ0n) is 14.8. The number of carboxylic acids is 1. The molecule has 0 saturated heterocycles. The molecular formula is C20H20FNO5. The Morgan fingerprint density at radius 3 is 2.59 bits per heavy atom. The van der Waals surface area contributed by atoms with Crippen molar-refractivity contribution in [3.8, 4) is 5.75 Å². The number of benzene rings is 2. The molecule has 0 aliphatic heterocycles. The van der Waals surface area contributed by atoms with Gasteiger partial charge in [0.1, 0.15) is 11.6 Å². The number of rotatable bonds is 9. The van der Waals surface area contributed by atoms with Crippen molar-refractivity contribution in [2.24, 2.45) is 0 Å². The van der Waals surface area contributed by atoms with Crippen molar-refractivity contribution in [3.63, 3.8) is 0 Å². The first-order valence-electron chi connectivity index (χ1n) is 8.39. The van der Waals surface area contributed by atoms with Crippen molar-refractivity contribution >= 4 is 23.3 Å². The number of carboxylic acid groups (broad SMARTS) is 1. The van der Waals surface area contributed by atoms with E-state index in [0.717, 1.165) is 6.07 Å². The van der Waals surface area contributed by atoms with E-state index in [-0.39, 0.29) is 29.4 Å². The van der Waals surface area contributed by atoms with Crippen molar-refractivity contribution in [1.82, 2.24) is 0 Å². The fourth-order valence-corrected chi connectivity index (χ4v) is 2.38. The van der Waals surface area contributed by atoms with Crippen molar-refractivity contribution < 1.29 is 28.6 Å². The molecule has 0 saturated carbocycles. The van der Waals surface area contributed by atoms with E-state index in [1.165, 1.54) is 19.1 Å². The van der Waals surface area contributed by atoms with E-state index < -0.39 is 18.2 Å². The number of hydrogen-bond donors (Lipinski definition) is 2. The normalized spacial score (nSPS) is 10.3. The van der Waals surface area contributed by atoms with Crippen LogP contribution < -0.4 is 10.1 Å². The molecular weight excluding hydrogens is 353 g/mol. The third kappa shape index (κ3) is 6.54. The number of halogens is 1. The van der Waals surface area contributed by atoms with Crippen LogP contribution in [0.25, 0.3) is 0 Å². The van der Waals surface area contributed by atoms with E-state index in [0.29, 0.717) is 24.3 Å². The molecule has 6 nitrogen and oxygen atoms in total. The van der Waals surface area contributed by atoms with Crippen LogP contribution in [-0.4, -0.2) is 29.4 Å². The highest BCUT2D eigenvalue weighted by atomic mass is 19.1. The molecule has 0 fully saturated rings. The second-order valence-corrected chi connectivity index (χ2v) is 5.96. The zero-order valence-corrected chi connectivity index (χ0v) is 14.8. The first-order chi connectivity index (χ1) is 12.8. The standard InChI is InChI=1S/C20H20FNO5/c1-13(23)14-4-2-5-17(10-14)27-9-3-6-19(24)22-16-8-7-15(11-20(25)26)18(21)12-16/h2,4-5,7-8,10,12H,3,6,9,11H2,1H3,(H,22,24)(H,25,26). The topological polar surface area (TPSA) is 92.7 Å². The molecule has 0 bridgehead atoms. The molecule has 7 heteroatoms. The van der Waals surface area contributed by atoms with Crippen molar-refractivity contribution in [3.05, 3.63) is 59.4 Å². The molecule has 0 aliphatic carbocycles. The molecule has 2 rings (SSSR count). The Bertz CT molecular complexity index is 850. The molecule has 142 valence electrons. The minimum absolute atomic E-state index is 0.0542. The first-order valence-corrected chi connectivity index (χ1v) is 8.39. The number of nitrogens with one attached hydrogen (secondary N) is 1. The maximum atomic E-state index is 13.8. The monoisotopic (exact) mass is 373 g/mol. The quantitative estimate of drug-likeness (QED) is 0.519. The van der Waals surface area contributed by atoms with Crippen LogP contribution in [0.5, 0.6) is 5.75 Å². The van der Waals surface area contributed by atoms with Gasteiger partial charge in [0.05, 0.1) is 13.0 Å². The molecule has 0 radical (unpaired) electrons. The van der Waals surface area contributed by atoms with Gasteiger partial charge in [-0.15, -0.1) is 0 Å². The number of amides is 1. The number of carbonyl (C=O) groups excluding carboxylic acids is 2. The highest BCUT2D eigenvalue weighted by Gasteiger charge is 2.09. The molecule has 2 aromatic carbocycles. The highest BCUT2D eigenvalue weighted by Crippen LogP contribution is 2.16. The summed E-state index contributed by atoms with van der Waals surface area (Å²) in [4.78, 5) is 33.9. The maximum absolute atomic E-state index is 13.8. The Balaban J connectivity index is 1.78. The van der Waals surface area contributed by atoms with E-state index in [4.69, 9.17) is 9.84 Å². The Hall–Kier alpha value is -3.22. The van der Waals surface area contributed by atoms with Crippen LogP contribution in [0.2, 0.25) is 0 Å². The van der Waals surface area contributed by atoms with Gasteiger partial charge in [-0.3, -0.25) is 14.4 Å². The summed E-state index contributed by atoms with van der Waals surface area (Å²) in [5.41, 5.74) is 0.877. The molecule has 1 amide bonds. The van der Waals surface area contributed by atoms with Gasteiger partial charge in [0.25, 0.3) is 0 Å². The van der Waals surface area contributed by atoms with Crippen LogP contribution >= 0.6 is 0 Å². The Kier molecular flexibility index (Phi) is 7.05. The molecule has 2 aromatic rings. The Morgan fingerprint density at radius 2 is 1.93 bits per heavy atom. The van der Waals surface area contributed by atoms with E-state index in [2.05, 4.69) is 5.32 Å². The summed E-state index contributed by atoms with van der Waals surface area (Å²) in [7, 11) is 0. The van der Waals surface area contributed by atoms with Crippen LogP contribution in [0.15, 0.2) is 42.5 Å². The van der Waals surface area contributed by atoms with Gasteiger partial charge in [-0.25, -0.2) is 4.39 Å². The third-order valence-corrected chi connectivity index (χ3v) is 3.74. The van der Waals surface area contributed by atoms with Crippen LogP contribution in [0.1, 0.15) is 35.7 Å². The number of Topliss-reactive ketones (excluding diaryl/α,β-unsaturated/α-hetero) is 1. The molecule has 0 heterocycles. The van der Waals surface area contributed by atoms with Crippen LogP contribution in [0, 0.1) is 5.82 Å². The molecule has 27 heavy (non-hydrogen) atoms. The lowest BCUT2D eigenvalue weighted by Crippen LogP contribution is -2.13. The summed E-state index contributed by atoms with van der Waals surface area (Å²) < 4.78 is 19.3. The Morgan fingerprint density at radius 1 is 1.15 bits per heavy atom. The number of ether oxygens (including phenoxy) is 1. The lowest BCUT2D eigenvalue weighted by atomic mass is 10.1. The van der Waals surface area contributed by atoms with E-state index in [9.17, 15) is 18.8 Å². The SMILES string of the molecule is CC(=O)c1cccc(OCCCC(=O)Nc2ccc(CC(=O)O)c(F)c2)c1. The van der Waals surface area contributed by atoms with Gasteiger partial charge in [0, 0.05) is 17.7 Å². The zero-order chi connectivity index (χ0) is 19.8. The lowest BCUT2D eigenvalue weighted by molar-refractivity contribution is -0.136. The molecule has 0 aliphatic rings. The Labute approximate surface area is 156 Å². The number of anilines is 1. The molecule has 0 aromatic heterocycles. The van der Waals surface area contributed by atoms with Gasteiger partial charge in [-0.05, 0) is 43.2 Å². The second-order valence-electron chi connectivity index (χ2n) is 5.96. The van der Waals surface area contributed by atoms with E-state index in [1.807, 2.05) is 0 Å². The minimum atomic E-state index is -1.13. The van der Waals surface area contributed by atoms with Gasteiger partial charge in [-0.2, -0.15) is 0 Å². The number of hydrogen-bond acceptors (Lipinski definition) is 4. The summed E-state index contributed by atoms with van der Waals surface area (Å²) in [6.07, 6.45) is 0.197. The van der Waals surface area contributed by atoms with Crippen LogP contribution in [0.3, 0.4) is 0 Å². The smallest absolute Gasteiger partial charge is 0.307 e. The number of carbonyl (C=O) groups is 3. The van der Waals surface area contributed by atoms with Crippen molar-refractivity contribution in [1.29, 1.82) is 0 Å². The van der Waals surface area contributed by atoms with Gasteiger partial charge < -0.3 is 15.2 Å². The van der Waals surface area contributed by atoms with Gasteiger partial charge >= 0.3 is 5.97 Å². The van der Waals surface area contributed by atoms with Gasteiger partial charge in [0.2, 0.25) is 5.91 Å². The fraction of sp³-hybridized carbons (Fsp3) is 0.250. The average molecular weight is 373 g/mol. The third-order valence-electron chi connectivity index (χ3n) is 3.74. The summed E-state index contributed by atoms with van der Waals surface area (Å²) in [6, 6.07) is 10.7. The molecule has 0 unspecified atom stereocenters. The van der Waals surface area contributed by atoms with Gasteiger partial charge in [0.15, 0.2) is 5.78 Å². The predicted molar refractivity (Wildman–Crippen MR) is 97.5 cm³/mol. The summed E-state index contributed by atoms with van der Waals surface area (Å²) in [5, 5.41) is 11.2. The van der Waals surface area contributed by atoms with E-state index >= 15 is 0 Å². The van der Waals surface area contributed by atoms with Crippen LogP contribution in [0.4, 0.5) is 10.1 Å². The second kappa shape index (κ2) is 9.47. The average Bonchev–Trinajstić information content (AvgIpc) is 2.61. The van der Waals surface area contributed by atoms with E-state index in [1.54, 1.807) is 24.3 Å². The molecule has 0 atom stereocenters. The maximum Gasteiger partial charge on any atom is 0.307 e. The minimum Gasteiger partial charge on any atom is -0.494 e. The van der Waals surface area contributed by atoms with Crippen molar-refractivity contribution in [2.75, 3.05) is 11.9 Å². The fourth-order valence-electron chi connectivity index (χ4n) is 2.38. The highest BCUT2D eigenvalue weighted by molar-refractivity contribution is 5.94. The lowest BCUT2D eigenvalue weighted by Gasteiger charge is -2.09. The predicted octanol–water partition coefficient (Wildman–Crippen LogP) is 3.45. The summed E-state index contributed by atoms with van der Waals surface area (Å²) >= 11 is 0. The van der Waals surface area contributed by atoms with Gasteiger partial charge in [-0.1, -0.05) is 18.2 Å². The largest absolute Gasteiger partial charge is 0.494 e. The number of aliphatic carboxylic acids is 1. The van der Waals surface area contributed by atoms with Crippen LogP contribution in [-0.2, 0) is 16.0 Å². The first kappa shape index (κ1) is 20.1. The molecule has 0 spiro atoms. The van der Waals surface area contributed by atoms with Crippen molar-refractivity contribution in [2.45, 2.75) is 26.2 Å².